The average Bonchev–Trinajstić information content (AvgIpc) is 2.93. The molecule has 0 radical (unpaired) electrons. The Labute approximate surface area is 229 Å². The van der Waals surface area contributed by atoms with Crippen LogP contribution in [0.3, 0.4) is 0 Å². The molecule has 0 aliphatic heterocycles. The van der Waals surface area contributed by atoms with E-state index >= 15 is 0 Å². The normalized spacial score (nSPS) is 17.6. The van der Waals surface area contributed by atoms with E-state index in [1.165, 1.54) is 0 Å². The fourth-order valence-corrected chi connectivity index (χ4v) is 5.27. The van der Waals surface area contributed by atoms with Gasteiger partial charge in [-0.3, -0.25) is 14.6 Å². The van der Waals surface area contributed by atoms with E-state index in [4.69, 9.17) is 10.1 Å². The molecule has 0 unspecified atom stereocenters. The second-order valence-corrected chi connectivity index (χ2v) is 10.3. The van der Waals surface area contributed by atoms with Gasteiger partial charge in [-0.15, -0.1) is 0 Å². The Morgan fingerprint density at radius 1 is 1.00 bits per heavy atom. The Bertz CT molecular complexity index is 1300. The van der Waals surface area contributed by atoms with Crippen LogP contribution < -0.4 is 10.6 Å². The molecule has 1 aliphatic carbocycles. The molecule has 1 fully saturated rings. The summed E-state index contributed by atoms with van der Waals surface area (Å²) in [6.45, 7) is 3.39. The number of carbonyl (C=O) groups is 3. The summed E-state index contributed by atoms with van der Waals surface area (Å²) in [6.07, 6.45) is 4.77. The molecule has 3 aromatic rings. The minimum Gasteiger partial charge on any atom is -0.465 e. The predicted octanol–water partition coefficient (Wildman–Crippen LogP) is 6.11. The Balaban J connectivity index is 1.48. The molecule has 4 rings (SSSR count). The molecule has 1 aliphatic rings. The number of carboxylic acid groups (broad SMARTS) is 1. The minimum atomic E-state index is -1.06. The van der Waals surface area contributed by atoms with Crippen molar-refractivity contribution < 1.29 is 19.5 Å². The van der Waals surface area contributed by atoms with Gasteiger partial charge in [0.2, 0.25) is 11.8 Å². The zero-order chi connectivity index (χ0) is 27.9. The molecule has 204 valence electrons. The minimum absolute atomic E-state index is 0.0313. The maximum Gasteiger partial charge on any atom is 0.405 e. The second kappa shape index (κ2) is 12.6. The molecule has 0 bridgehead atoms. The van der Waals surface area contributed by atoms with Gasteiger partial charge in [0, 0.05) is 37.6 Å². The Kier molecular flexibility index (Phi) is 8.96. The average molecular weight is 529 g/mol. The Morgan fingerprint density at radius 2 is 1.67 bits per heavy atom. The number of rotatable bonds is 8. The molecule has 2 aromatic carbocycles. The van der Waals surface area contributed by atoms with Gasteiger partial charge in [0.25, 0.3) is 0 Å². The van der Waals surface area contributed by atoms with E-state index in [9.17, 15) is 14.4 Å². The van der Waals surface area contributed by atoms with Crippen molar-refractivity contribution in [2.24, 2.45) is 5.92 Å². The third kappa shape index (κ3) is 7.22. The van der Waals surface area contributed by atoms with Crippen molar-refractivity contribution in [3.63, 3.8) is 0 Å². The summed E-state index contributed by atoms with van der Waals surface area (Å²) in [4.78, 5) is 42.1. The van der Waals surface area contributed by atoms with Gasteiger partial charge in [-0.25, -0.2) is 4.79 Å². The van der Waals surface area contributed by atoms with Crippen molar-refractivity contribution in [2.45, 2.75) is 58.0 Å². The SMILES string of the molecule is CC(=O)N(C)C1CCC(CC(=O)Nc2cnc(-c3ccc([C@H](C)NC(=O)O)cc3)c(-c3ccccc3)c2)CC1. The van der Waals surface area contributed by atoms with Crippen LogP contribution in [0.1, 0.15) is 57.6 Å². The molecule has 3 N–H and O–H groups in total. The number of pyridine rings is 1. The van der Waals surface area contributed by atoms with Gasteiger partial charge in [-0.05, 0) is 55.7 Å². The highest BCUT2D eigenvalue weighted by molar-refractivity contribution is 5.93. The molecule has 0 saturated heterocycles. The maximum atomic E-state index is 12.9. The van der Waals surface area contributed by atoms with Gasteiger partial charge in [0.1, 0.15) is 0 Å². The summed E-state index contributed by atoms with van der Waals surface area (Å²) in [6, 6.07) is 19.4. The number of nitrogens with one attached hydrogen (secondary N) is 2. The van der Waals surface area contributed by atoms with Crippen LogP contribution in [0.2, 0.25) is 0 Å². The molecule has 1 heterocycles. The summed E-state index contributed by atoms with van der Waals surface area (Å²) in [7, 11) is 1.85. The van der Waals surface area contributed by atoms with Crippen LogP contribution in [0.4, 0.5) is 10.5 Å². The van der Waals surface area contributed by atoms with Gasteiger partial charge in [-0.2, -0.15) is 0 Å². The molecule has 3 amide bonds. The summed E-state index contributed by atoms with van der Waals surface area (Å²) in [5.74, 6) is 0.359. The van der Waals surface area contributed by atoms with E-state index in [0.29, 0.717) is 18.0 Å². The smallest absolute Gasteiger partial charge is 0.405 e. The number of nitrogens with zero attached hydrogens (tertiary/aromatic N) is 2. The standard InChI is InChI=1S/C31H36N4O4/c1-20(33-31(38)39)23-11-13-25(14-12-23)30-28(24-7-5-4-6-8-24)18-26(19-32-30)34-29(37)17-22-9-15-27(16-10-22)35(3)21(2)36/h4-8,11-14,18-20,22,27,33H,9-10,15-17H2,1-3H3,(H,34,37)(H,38,39)/t20-,22?,27?/m0/s1. The van der Waals surface area contributed by atoms with Crippen LogP contribution in [0.5, 0.6) is 0 Å². The van der Waals surface area contributed by atoms with Crippen LogP contribution in [0.25, 0.3) is 22.4 Å². The second-order valence-electron chi connectivity index (χ2n) is 10.3. The number of hydrogen-bond acceptors (Lipinski definition) is 4. The van der Waals surface area contributed by atoms with Crippen LogP contribution in [0, 0.1) is 5.92 Å². The van der Waals surface area contributed by atoms with Crippen molar-refractivity contribution in [1.82, 2.24) is 15.2 Å². The van der Waals surface area contributed by atoms with E-state index in [0.717, 1.165) is 53.6 Å². The predicted molar refractivity (Wildman–Crippen MR) is 152 cm³/mol. The summed E-state index contributed by atoms with van der Waals surface area (Å²) >= 11 is 0. The van der Waals surface area contributed by atoms with Crippen LogP contribution in [0.15, 0.2) is 66.9 Å². The largest absolute Gasteiger partial charge is 0.465 e. The van der Waals surface area contributed by atoms with Crippen molar-refractivity contribution in [2.75, 3.05) is 12.4 Å². The van der Waals surface area contributed by atoms with E-state index in [2.05, 4.69) is 10.6 Å². The lowest BCUT2D eigenvalue weighted by Crippen LogP contribution is -2.38. The third-order valence-corrected chi connectivity index (χ3v) is 7.62. The van der Waals surface area contributed by atoms with Crippen LogP contribution in [-0.4, -0.2) is 46.0 Å². The highest BCUT2D eigenvalue weighted by atomic mass is 16.4. The number of anilines is 1. The molecule has 0 spiro atoms. The van der Waals surface area contributed by atoms with Gasteiger partial charge >= 0.3 is 6.09 Å². The van der Waals surface area contributed by atoms with Crippen molar-refractivity contribution in [1.29, 1.82) is 0 Å². The summed E-state index contributed by atoms with van der Waals surface area (Å²) < 4.78 is 0. The summed E-state index contributed by atoms with van der Waals surface area (Å²) in [5.41, 5.74) is 5.04. The first-order chi connectivity index (χ1) is 18.7. The number of carbonyl (C=O) groups excluding carboxylic acids is 2. The van der Waals surface area contributed by atoms with Crippen LogP contribution in [-0.2, 0) is 9.59 Å². The zero-order valence-electron chi connectivity index (χ0n) is 22.7. The fraction of sp³-hybridized carbons (Fsp3) is 0.355. The van der Waals surface area contributed by atoms with Gasteiger partial charge in [-0.1, -0.05) is 54.6 Å². The Morgan fingerprint density at radius 3 is 2.28 bits per heavy atom. The van der Waals surface area contributed by atoms with Crippen molar-refractivity contribution in [3.8, 4) is 22.4 Å². The van der Waals surface area contributed by atoms with E-state index < -0.39 is 6.09 Å². The quantitative estimate of drug-likeness (QED) is 0.327. The maximum absolute atomic E-state index is 12.9. The van der Waals surface area contributed by atoms with Gasteiger partial charge in [0.05, 0.1) is 23.6 Å². The number of amides is 3. The molecule has 1 aromatic heterocycles. The third-order valence-electron chi connectivity index (χ3n) is 7.62. The molecule has 1 saturated carbocycles. The van der Waals surface area contributed by atoms with E-state index in [-0.39, 0.29) is 23.9 Å². The van der Waals surface area contributed by atoms with Gasteiger partial charge < -0.3 is 20.6 Å². The van der Waals surface area contributed by atoms with E-state index in [1.807, 2.05) is 72.6 Å². The monoisotopic (exact) mass is 528 g/mol. The van der Waals surface area contributed by atoms with Crippen molar-refractivity contribution >= 4 is 23.6 Å². The lowest BCUT2D eigenvalue weighted by Gasteiger charge is -2.34. The zero-order valence-corrected chi connectivity index (χ0v) is 22.7. The lowest BCUT2D eigenvalue weighted by molar-refractivity contribution is -0.130. The molecule has 8 nitrogen and oxygen atoms in total. The lowest BCUT2D eigenvalue weighted by atomic mass is 9.83. The highest BCUT2D eigenvalue weighted by Crippen LogP contribution is 2.34. The number of hydrogen-bond donors (Lipinski definition) is 3. The first kappa shape index (κ1) is 27.8. The van der Waals surface area contributed by atoms with E-state index in [1.54, 1.807) is 20.0 Å². The molecular formula is C31H36N4O4. The fourth-order valence-electron chi connectivity index (χ4n) is 5.27. The van der Waals surface area contributed by atoms with Crippen molar-refractivity contribution in [3.05, 3.63) is 72.4 Å². The molecular weight excluding hydrogens is 492 g/mol. The Hall–Kier alpha value is -4.20. The molecule has 39 heavy (non-hydrogen) atoms. The highest BCUT2D eigenvalue weighted by Gasteiger charge is 2.26. The first-order valence-corrected chi connectivity index (χ1v) is 13.4. The molecule has 8 heteroatoms. The van der Waals surface area contributed by atoms with Gasteiger partial charge in [0.15, 0.2) is 0 Å². The van der Waals surface area contributed by atoms with Crippen LogP contribution >= 0.6 is 0 Å². The number of benzene rings is 2. The topological polar surface area (TPSA) is 112 Å². The summed E-state index contributed by atoms with van der Waals surface area (Å²) in [5, 5.41) is 14.5. The molecule has 1 atom stereocenters. The number of aromatic nitrogens is 1. The first-order valence-electron chi connectivity index (χ1n) is 13.4.